The molecule has 1 aromatic rings. The summed E-state index contributed by atoms with van der Waals surface area (Å²) in [5, 5.41) is 0. The second-order valence-electron chi connectivity index (χ2n) is 0.933. The minimum Gasteiger partial charge on any atom is -0.426 e. The van der Waals surface area contributed by atoms with E-state index in [1.54, 1.807) is 0 Å². The van der Waals surface area contributed by atoms with Crippen LogP contribution in [0.25, 0.3) is 0 Å². The third-order valence-electron chi connectivity index (χ3n) is 0.426. The third-order valence-corrected chi connectivity index (χ3v) is 0.954. The number of aryl methyl sites for hydroxylation is 1. The van der Waals surface area contributed by atoms with Gasteiger partial charge in [0.2, 0.25) is 0 Å². The summed E-state index contributed by atoms with van der Waals surface area (Å²) in [5.74, 6) is 0.806. The van der Waals surface area contributed by atoms with Crippen molar-refractivity contribution in [3.8, 4) is 0 Å². The Morgan fingerprint density at radius 3 is 2.57 bits per heavy atom. The van der Waals surface area contributed by atoms with E-state index in [2.05, 4.69) is 14.9 Å². The molecule has 0 aliphatic heterocycles. The predicted molar refractivity (Wildman–Crippen MR) is 23.5 cm³/mol. The summed E-state index contributed by atoms with van der Waals surface area (Å²) in [5.41, 5.74) is 2.61. The molecule has 0 saturated heterocycles. The fraction of sp³-hybridized carbons (Fsp3) is 0.333. The van der Waals surface area contributed by atoms with Gasteiger partial charge in [-0.1, -0.05) is 12.4 Å². The first-order valence-corrected chi connectivity index (χ1v) is 2.33. The van der Waals surface area contributed by atoms with Gasteiger partial charge >= 0.3 is 32.7 Å². The first-order chi connectivity index (χ1) is 2.89. The summed E-state index contributed by atoms with van der Waals surface area (Å²) in [6, 6.07) is 0. The largest absolute Gasteiger partial charge is 3.00 e. The maximum atomic E-state index is 3.79. The minimum atomic E-state index is 0. The molecule has 1 aromatic heterocycles. The normalized spacial score (nSPS) is 7.57. The minimum absolute atomic E-state index is 0. The van der Waals surface area contributed by atoms with E-state index < -0.39 is 0 Å². The van der Waals surface area contributed by atoms with Gasteiger partial charge < -0.3 is 4.98 Å². The molecular formula is C3H3N2SY+2. The van der Waals surface area contributed by atoms with Crippen LogP contribution in [0.3, 0.4) is 0 Å². The van der Waals surface area contributed by atoms with Gasteiger partial charge in [-0.15, -0.1) is 0 Å². The van der Waals surface area contributed by atoms with Crippen LogP contribution in [0, 0.1) is 12.4 Å². The van der Waals surface area contributed by atoms with E-state index in [0.29, 0.717) is 0 Å². The van der Waals surface area contributed by atoms with Crippen LogP contribution in [0.5, 0.6) is 0 Å². The smallest absolute Gasteiger partial charge is 0.426 e. The second-order valence-corrected chi connectivity index (χ2v) is 1.48. The van der Waals surface area contributed by atoms with Crippen molar-refractivity contribution in [2.75, 3.05) is 0 Å². The van der Waals surface area contributed by atoms with E-state index in [1.807, 2.05) is 6.92 Å². The molecule has 0 N–H and O–H groups in total. The van der Waals surface area contributed by atoms with Crippen molar-refractivity contribution in [3.63, 3.8) is 0 Å². The number of hydrogen-bond acceptors (Lipinski definition) is 3. The molecule has 7 heavy (non-hydrogen) atoms. The van der Waals surface area contributed by atoms with Crippen LogP contribution in [-0.2, 0) is 32.7 Å². The standard InChI is InChI=1S/C3H3N2S.Y/c1-3-4-2-6-5-3;/h1H3;/q-1;+3. The SMILES string of the molecule is Cc1n[c-]sn1.[Y+3]. The number of rotatable bonds is 0. The van der Waals surface area contributed by atoms with Gasteiger partial charge in [0.15, 0.2) is 0 Å². The molecule has 1 heterocycles. The predicted octanol–water partition coefficient (Wildman–Crippen LogP) is 0.644. The van der Waals surface area contributed by atoms with Crippen LogP contribution in [0.2, 0.25) is 0 Å². The Morgan fingerprint density at radius 2 is 2.43 bits per heavy atom. The van der Waals surface area contributed by atoms with Crippen molar-refractivity contribution in [2.24, 2.45) is 0 Å². The third kappa shape index (κ3) is 2.47. The van der Waals surface area contributed by atoms with Crippen LogP contribution < -0.4 is 0 Å². The van der Waals surface area contributed by atoms with E-state index in [9.17, 15) is 0 Å². The maximum absolute atomic E-state index is 3.79. The summed E-state index contributed by atoms with van der Waals surface area (Å²) >= 11 is 1.25. The van der Waals surface area contributed by atoms with Crippen molar-refractivity contribution < 1.29 is 32.7 Å². The van der Waals surface area contributed by atoms with Crippen LogP contribution >= 0.6 is 11.5 Å². The number of aromatic nitrogens is 2. The molecule has 1 rings (SSSR count). The molecule has 0 aromatic carbocycles. The summed E-state index contributed by atoms with van der Waals surface area (Å²) in [6.07, 6.45) is 0. The molecule has 0 spiro atoms. The van der Waals surface area contributed by atoms with Crippen LogP contribution in [0.15, 0.2) is 0 Å². The van der Waals surface area contributed by atoms with E-state index in [1.165, 1.54) is 11.5 Å². The van der Waals surface area contributed by atoms with E-state index >= 15 is 0 Å². The Bertz CT molecular complexity index is 116. The van der Waals surface area contributed by atoms with E-state index in [0.717, 1.165) is 5.82 Å². The van der Waals surface area contributed by atoms with Gasteiger partial charge in [-0.3, -0.25) is 4.37 Å². The molecule has 32 valence electrons. The average Bonchev–Trinajstić information content (AvgIpc) is 1.86. The first-order valence-electron chi connectivity index (χ1n) is 1.56. The monoisotopic (exact) mass is 188 g/mol. The first kappa shape index (κ1) is 7.66. The average molecular weight is 188 g/mol. The van der Waals surface area contributed by atoms with Crippen molar-refractivity contribution in [1.82, 2.24) is 9.36 Å². The van der Waals surface area contributed by atoms with Gasteiger partial charge in [0.1, 0.15) is 0 Å². The maximum Gasteiger partial charge on any atom is 3.00 e. The zero-order chi connectivity index (χ0) is 4.41. The molecule has 0 radical (unpaired) electrons. The Morgan fingerprint density at radius 1 is 1.71 bits per heavy atom. The van der Waals surface area contributed by atoms with E-state index in [-0.39, 0.29) is 32.7 Å². The molecule has 0 fully saturated rings. The second kappa shape index (κ2) is 3.64. The number of hydrogen-bond donors (Lipinski definition) is 0. The molecule has 2 nitrogen and oxygen atoms in total. The molecule has 0 unspecified atom stereocenters. The molecule has 0 aliphatic rings. The molecule has 0 saturated carbocycles. The van der Waals surface area contributed by atoms with Gasteiger partial charge in [0.05, 0.1) is 0 Å². The Labute approximate surface area is 71.4 Å². The van der Waals surface area contributed by atoms with Gasteiger partial charge in [-0.2, -0.15) is 11.5 Å². The molecule has 4 heteroatoms. The van der Waals surface area contributed by atoms with Crippen LogP contribution in [0.1, 0.15) is 5.82 Å². The van der Waals surface area contributed by atoms with Crippen molar-refractivity contribution >= 4 is 11.5 Å². The molecule has 0 bridgehead atoms. The fourth-order valence-corrected chi connectivity index (χ4v) is 0.580. The molecular weight excluding hydrogens is 185 g/mol. The quantitative estimate of drug-likeness (QED) is 0.558. The van der Waals surface area contributed by atoms with Gasteiger partial charge in [-0.05, 0) is 5.82 Å². The zero-order valence-corrected chi connectivity index (χ0v) is 7.53. The van der Waals surface area contributed by atoms with Crippen LogP contribution in [-0.4, -0.2) is 9.36 Å². The topological polar surface area (TPSA) is 25.8 Å². The Balaban J connectivity index is 0.000000360. The van der Waals surface area contributed by atoms with Crippen molar-refractivity contribution in [2.45, 2.75) is 6.92 Å². The summed E-state index contributed by atoms with van der Waals surface area (Å²) in [7, 11) is 0. The van der Waals surface area contributed by atoms with Gasteiger partial charge in [0, 0.05) is 0 Å². The Kier molecular flexibility index (Phi) is 3.98. The summed E-state index contributed by atoms with van der Waals surface area (Å²) < 4.78 is 3.79. The van der Waals surface area contributed by atoms with E-state index in [4.69, 9.17) is 0 Å². The summed E-state index contributed by atoms with van der Waals surface area (Å²) in [4.78, 5) is 3.70. The van der Waals surface area contributed by atoms with Gasteiger partial charge in [0.25, 0.3) is 0 Å². The summed E-state index contributed by atoms with van der Waals surface area (Å²) in [6.45, 7) is 1.84. The van der Waals surface area contributed by atoms with Crippen molar-refractivity contribution in [1.29, 1.82) is 0 Å². The fourth-order valence-electron chi connectivity index (χ4n) is 0.193. The van der Waals surface area contributed by atoms with Crippen molar-refractivity contribution in [3.05, 3.63) is 11.3 Å². The van der Waals surface area contributed by atoms with Crippen LogP contribution in [0.4, 0.5) is 0 Å². The Hall–Kier alpha value is 0.664. The van der Waals surface area contributed by atoms with Gasteiger partial charge in [-0.25, -0.2) is 0 Å². The number of nitrogens with zero attached hydrogens (tertiary/aromatic N) is 2. The molecule has 0 aliphatic carbocycles. The molecule has 0 amide bonds. The molecule has 0 atom stereocenters. The zero-order valence-electron chi connectivity index (χ0n) is 3.88.